The van der Waals surface area contributed by atoms with E-state index in [0.717, 1.165) is 16.3 Å². The zero-order chi connectivity index (χ0) is 18.7. The minimum absolute atomic E-state index is 0.0226. The number of nitrogens with one attached hydrogen (secondary N) is 1. The molecule has 1 N–H and O–H groups in total. The van der Waals surface area contributed by atoms with Crippen LogP contribution in [0.5, 0.6) is 0 Å². The molecule has 0 atom stereocenters. The van der Waals surface area contributed by atoms with Gasteiger partial charge in [-0.1, -0.05) is 55.8 Å². The Morgan fingerprint density at radius 2 is 1.88 bits per heavy atom. The molecule has 1 amide bonds. The number of halogens is 1. The lowest BCUT2D eigenvalue weighted by Gasteiger charge is -2.10. The lowest BCUT2D eigenvalue weighted by molar-refractivity contribution is -0.121. The van der Waals surface area contributed by atoms with Gasteiger partial charge in [0.25, 0.3) is 5.91 Å². The number of aromatic nitrogens is 1. The molecular formula is C21H19ClN2O2. The van der Waals surface area contributed by atoms with Crippen LogP contribution in [0.2, 0.25) is 5.02 Å². The molecular weight excluding hydrogens is 348 g/mol. The maximum absolute atomic E-state index is 12.6. The molecule has 0 saturated heterocycles. The number of amides is 1. The van der Waals surface area contributed by atoms with Crippen LogP contribution in [-0.4, -0.2) is 16.7 Å². The third-order valence-electron chi connectivity index (χ3n) is 4.19. The summed E-state index contributed by atoms with van der Waals surface area (Å²) >= 11 is 6.30. The molecule has 2 aromatic carbocycles. The third kappa shape index (κ3) is 3.92. The van der Waals surface area contributed by atoms with E-state index in [1.54, 1.807) is 24.4 Å². The highest BCUT2D eigenvalue weighted by Gasteiger charge is 2.14. The van der Waals surface area contributed by atoms with Gasteiger partial charge in [0.2, 0.25) is 0 Å². The first kappa shape index (κ1) is 18.1. The average molecular weight is 367 g/mol. The summed E-state index contributed by atoms with van der Waals surface area (Å²) in [6, 6.07) is 14.7. The molecule has 0 saturated carbocycles. The second-order valence-corrected chi connectivity index (χ2v) is 6.85. The Kier molecular flexibility index (Phi) is 5.33. The Balaban J connectivity index is 1.82. The van der Waals surface area contributed by atoms with Crippen LogP contribution in [0.25, 0.3) is 10.8 Å². The molecule has 132 valence electrons. The summed E-state index contributed by atoms with van der Waals surface area (Å²) in [5, 5.41) is 4.93. The first-order chi connectivity index (χ1) is 12.5. The van der Waals surface area contributed by atoms with Gasteiger partial charge in [-0.2, -0.15) is 0 Å². The molecule has 1 heterocycles. The number of hydrogen-bond donors (Lipinski definition) is 1. The zero-order valence-electron chi connectivity index (χ0n) is 14.6. The van der Waals surface area contributed by atoms with Gasteiger partial charge in [0.05, 0.1) is 10.7 Å². The lowest BCUT2D eigenvalue weighted by Crippen LogP contribution is -2.15. The molecule has 26 heavy (non-hydrogen) atoms. The summed E-state index contributed by atoms with van der Waals surface area (Å²) in [6.07, 6.45) is 1.94. The molecule has 1 aromatic heterocycles. The number of rotatable bonds is 5. The van der Waals surface area contributed by atoms with Crippen LogP contribution in [0, 0.1) is 5.92 Å². The van der Waals surface area contributed by atoms with Gasteiger partial charge in [0.1, 0.15) is 11.5 Å². The normalized spacial score (nSPS) is 10.9. The number of benzene rings is 2. The summed E-state index contributed by atoms with van der Waals surface area (Å²) in [5.74, 6) is -0.196. The van der Waals surface area contributed by atoms with Crippen molar-refractivity contribution in [3.05, 3.63) is 71.0 Å². The number of pyridine rings is 1. The predicted octanol–water partition coefficient (Wildman–Crippen LogP) is 4.91. The van der Waals surface area contributed by atoms with Gasteiger partial charge < -0.3 is 5.32 Å². The first-order valence-corrected chi connectivity index (χ1v) is 8.79. The topological polar surface area (TPSA) is 59.1 Å². The van der Waals surface area contributed by atoms with Crippen LogP contribution < -0.4 is 5.32 Å². The Hall–Kier alpha value is -2.72. The molecule has 3 rings (SSSR count). The molecule has 0 spiro atoms. The van der Waals surface area contributed by atoms with Crippen LogP contribution in [0.4, 0.5) is 5.69 Å². The highest BCUT2D eigenvalue weighted by atomic mass is 35.5. The Labute approximate surface area is 157 Å². The van der Waals surface area contributed by atoms with Crippen molar-refractivity contribution in [1.29, 1.82) is 0 Å². The number of nitrogens with zero attached hydrogens (tertiary/aromatic N) is 1. The number of fused-ring (bicyclic) bond motifs is 1. The monoisotopic (exact) mass is 366 g/mol. The van der Waals surface area contributed by atoms with E-state index in [-0.39, 0.29) is 17.6 Å². The second-order valence-electron chi connectivity index (χ2n) is 6.45. The van der Waals surface area contributed by atoms with Gasteiger partial charge in [-0.25, -0.2) is 0 Å². The van der Waals surface area contributed by atoms with Crippen LogP contribution in [0.1, 0.15) is 29.9 Å². The molecule has 4 nitrogen and oxygen atoms in total. The Morgan fingerprint density at radius 1 is 1.12 bits per heavy atom. The van der Waals surface area contributed by atoms with Gasteiger partial charge >= 0.3 is 0 Å². The van der Waals surface area contributed by atoms with Crippen molar-refractivity contribution in [3.8, 4) is 0 Å². The minimum atomic E-state index is -0.324. The van der Waals surface area contributed by atoms with Crippen LogP contribution >= 0.6 is 11.6 Å². The van der Waals surface area contributed by atoms with Crippen molar-refractivity contribution in [3.63, 3.8) is 0 Å². The van der Waals surface area contributed by atoms with Crippen molar-refractivity contribution in [2.75, 3.05) is 5.32 Å². The van der Waals surface area contributed by atoms with Gasteiger partial charge in [-0.15, -0.1) is 0 Å². The number of Topliss-reactive ketones (excluding diaryl/α,β-unsaturated/α-hetero) is 1. The van der Waals surface area contributed by atoms with Gasteiger partial charge in [0, 0.05) is 23.9 Å². The van der Waals surface area contributed by atoms with Crippen molar-refractivity contribution < 1.29 is 9.59 Å². The van der Waals surface area contributed by atoms with E-state index in [4.69, 9.17) is 11.6 Å². The molecule has 3 aromatic rings. The van der Waals surface area contributed by atoms with Crippen molar-refractivity contribution >= 4 is 39.8 Å². The average Bonchev–Trinajstić information content (AvgIpc) is 2.63. The minimum Gasteiger partial charge on any atom is -0.319 e. The van der Waals surface area contributed by atoms with Crippen LogP contribution in [0.3, 0.4) is 0 Å². The highest BCUT2D eigenvalue weighted by Crippen LogP contribution is 2.25. The van der Waals surface area contributed by atoms with Crippen LogP contribution in [-0.2, 0) is 11.2 Å². The SMILES string of the molecule is CC(C)C(=O)Cc1ccc(NC(=O)c2nccc3ccccc23)c(Cl)c1. The summed E-state index contributed by atoms with van der Waals surface area (Å²) in [7, 11) is 0. The highest BCUT2D eigenvalue weighted by molar-refractivity contribution is 6.34. The molecule has 0 aliphatic rings. The quantitative estimate of drug-likeness (QED) is 0.698. The molecule has 0 bridgehead atoms. The molecule has 0 aliphatic carbocycles. The van der Waals surface area contributed by atoms with Crippen LogP contribution in [0.15, 0.2) is 54.7 Å². The molecule has 0 aliphatic heterocycles. The zero-order valence-corrected chi connectivity index (χ0v) is 15.4. The van der Waals surface area contributed by atoms with E-state index < -0.39 is 0 Å². The number of carbonyl (C=O) groups excluding carboxylic acids is 2. The van der Waals surface area contributed by atoms with Crippen molar-refractivity contribution in [2.24, 2.45) is 5.92 Å². The van der Waals surface area contributed by atoms with Gasteiger partial charge in [0.15, 0.2) is 0 Å². The van der Waals surface area contributed by atoms with E-state index in [1.165, 1.54) is 0 Å². The molecule has 0 fully saturated rings. The number of anilines is 1. The standard InChI is InChI=1S/C21H19ClN2O2/c1-13(2)19(25)12-14-7-8-18(17(22)11-14)24-21(26)20-16-6-4-3-5-15(16)9-10-23-20/h3-11,13H,12H2,1-2H3,(H,24,26). The van der Waals surface area contributed by atoms with Crippen molar-refractivity contribution in [2.45, 2.75) is 20.3 Å². The molecule has 0 unspecified atom stereocenters. The fraction of sp³-hybridized carbons (Fsp3) is 0.190. The number of ketones is 1. The summed E-state index contributed by atoms with van der Waals surface area (Å²) in [6.45, 7) is 3.74. The number of hydrogen-bond acceptors (Lipinski definition) is 3. The fourth-order valence-corrected chi connectivity index (χ4v) is 2.91. The summed E-state index contributed by atoms with van der Waals surface area (Å²) in [4.78, 5) is 28.7. The van der Waals surface area contributed by atoms with E-state index in [2.05, 4.69) is 10.3 Å². The lowest BCUT2D eigenvalue weighted by atomic mass is 10.0. The van der Waals surface area contributed by atoms with E-state index in [0.29, 0.717) is 22.8 Å². The second kappa shape index (κ2) is 7.67. The summed E-state index contributed by atoms with van der Waals surface area (Å²) in [5.41, 5.74) is 1.67. The van der Waals surface area contributed by atoms with E-state index in [9.17, 15) is 9.59 Å². The summed E-state index contributed by atoms with van der Waals surface area (Å²) < 4.78 is 0. The van der Waals surface area contributed by atoms with Crippen molar-refractivity contribution in [1.82, 2.24) is 4.98 Å². The maximum Gasteiger partial charge on any atom is 0.274 e. The smallest absolute Gasteiger partial charge is 0.274 e. The Morgan fingerprint density at radius 3 is 2.62 bits per heavy atom. The molecule has 0 radical (unpaired) electrons. The first-order valence-electron chi connectivity index (χ1n) is 8.42. The third-order valence-corrected chi connectivity index (χ3v) is 4.51. The fourth-order valence-electron chi connectivity index (χ4n) is 2.66. The Bertz CT molecular complexity index is 977. The maximum atomic E-state index is 12.6. The van der Waals surface area contributed by atoms with E-state index in [1.807, 2.05) is 44.2 Å². The molecule has 5 heteroatoms. The van der Waals surface area contributed by atoms with Gasteiger partial charge in [-0.05, 0) is 29.1 Å². The predicted molar refractivity (Wildman–Crippen MR) is 105 cm³/mol. The van der Waals surface area contributed by atoms with E-state index >= 15 is 0 Å². The van der Waals surface area contributed by atoms with Gasteiger partial charge in [-0.3, -0.25) is 14.6 Å². The largest absolute Gasteiger partial charge is 0.319 e. The number of carbonyl (C=O) groups is 2.